The summed E-state index contributed by atoms with van der Waals surface area (Å²) in [6, 6.07) is 9.31. The standard InChI is InChI=1S/C28H28F3N7O4/c1-16-22(25(40)42-5)23(20-10-9-17(15-32)13-21(20)24(39)33-11-12-38(2,3)4)37-26(34-35-27(37)41)36(16)19-8-6-7-18(14-19)28(29,30)31/h6-10,13-14,23H,11-12H2,1-5H3,(H-,33,35,39,41)/p+1. The number of nitriles is 1. The Morgan fingerprint density at radius 1 is 1.19 bits per heavy atom. The molecule has 1 unspecified atom stereocenters. The van der Waals surface area contributed by atoms with Gasteiger partial charge in [-0.1, -0.05) is 12.1 Å². The molecule has 0 saturated carbocycles. The monoisotopic (exact) mass is 584 g/mol. The predicted octanol–water partition coefficient (Wildman–Crippen LogP) is 3.09. The number of quaternary nitrogens is 1. The molecule has 14 heteroatoms. The van der Waals surface area contributed by atoms with Crippen molar-refractivity contribution >= 4 is 23.5 Å². The Labute approximate surface area is 239 Å². The molecule has 1 atom stereocenters. The van der Waals surface area contributed by atoms with Crippen molar-refractivity contribution in [2.24, 2.45) is 0 Å². The summed E-state index contributed by atoms with van der Waals surface area (Å²) in [5, 5.41) is 18.7. The number of alkyl halides is 3. The molecular weight excluding hydrogens is 555 g/mol. The molecule has 1 aliphatic rings. The Bertz CT molecular complexity index is 1680. The number of carbonyl (C=O) groups excluding carboxylic acids is 2. The highest BCUT2D eigenvalue weighted by Crippen LogP contribution is 2.43. The first-order chi connectivity index (χ1) is 19.7. The highest BCUT2D eigenvalue weighted by atomic mass is 19.4. The second-order valence-electron chi connectivity index (χ2n) is 10.7. The average Bonchev–Trinajstić information content (AvgIpc) is 3.31. The number of nitrogens with zero attached hydrogens (tertiary/aromatic N) is 5. The van der Waals surface area contributed by atoms with Gasteiger partial charge in [-0.2, -0.15) is 18.4 Å². The Kier molecular flexibility index (Phi) is 8.00. The van der Waals surface area contributed by atoms with E-state index in [9.17, 15) is 32.8 Å². The summed E-state index contributed by atoms with van der Waals surface area (Å²) in [7, 11) is 6.98. The molecule has 220 valence electrons. The van der Waals surface area contributed by atoms with Crippen LogP contribution in [0, 0.1) is 11.3 Å². The summed E-state index contributed by atoms with van der Waals surface area (Å²) in [6.07, 6.45) is -4.65. The number of likely N-dealkylation sites (N-methyl/N-ethyl adjacent to an activating group) is 1. The van der Waals surface area contributed by atoms with Gasteiger partial charge in [-0.15, -0.1) is 5.10 Å². The van der Waals surface area contributed by atoms with Crippen LogP contribution in [0.3, 0.4) is 0 Å². The van der Waals surface area contributed by atoms with Crippen LogP contribution < -0.4 is 15.9 Å². The van der Waals surface area contributed by atoms with Gasteiger partial charge in [0.05, 0.1) is 64.1 Å². The molecule has 0 saturated heterocycles. The number of rotatable bonds is 7. The molecular formula is C28H29F3N7O4+. The van der Waals surface area contributed by atoms with E-state index in [0.29, 0.717) is 17.6 Å². The third kappa shape index (κ3) is 5.77. The van der Waals surface area contributed by atoms with Gasteiger partial charge in [0.1, 0.15) is 6.04 Å². The van der Waals surface area contributed by atoms with Crippen molar-refractivity contribution in [1.82, 2.24) is 20.1 Å². The van der Waals surface area contributed by atoms with Crippen LogP contribution in [0.1, 0.15) is 40.0 Å². The first-order valence-electron chi connectivity index (χ1n) is 12.7. The summed E-state index contributed by atoms with van der Waals surface area (Å²) in [6.45, 7) is 2.36. The zero-order chi connectivity index (χ0) is 31.0. The number of aromatic amines is 1. The van der Waals surface area contributed by atoms with E-state index in [2.05, 4.69) is 15.5 Å². The number of esters is 1. The largest absolute Gasteiger partial charge is 0.466 e. The topological polar surface area (TPSA) is 133 Å². The van der Waals surface area contributed by atoms with Crippen molar-refractivity contribution in [3.8, 4) is 6.07 Å². The maximum Gasteiger partial charge on any atom is 0.416 e. The van der Waals surface area contributed by atoms with E-state index >= 15 is 0 Å². The SMILES string of the molecule is COC(=O)C1=C(C)N(c2cccc(C(F)(F)F)c2)c2n[nH]c(=O)n2C1c1ccc(C#N)cc1C(=O)NCC[N+](C)(C)C. The first-order valence-corrected chi connectivity index (χ1v) is 12.7. The smallest absolute Gasteiger partial charge is 0.416 e. The van der Waals surface area contributed by atoms with Crippen LogP contribution in [0.15, 0.2) is 58.5 Å². The van der Waals surface area contributed by atoms with E-state index in [1.165, 1.54) is 42.2 Å². The third-order valence-electron chi connectivity index (χ3n) is 6.77. The van der Waals surface area contributed by atoms with Crippen LogP contribution in [-0.2, 0) is 15.7 Å². The van der Waals surface area contributed by atoms with E-state index < -0.39 is 35.3 Å². The number of methoxy groups -OCH3 is 1. The van der Waals surface area contributed by atoms with Crippen molar-refractivity contribution in [2.75, 3.05) is 46.2 Å². The number of hydrogen-bond acceptors (Lipinski definition) is 7. The predicted molar refractivity (Wildman–Crippen MR) is 146 cm³/mol. The van der Waals surface area contributed by atoms with Crippen molar-refractivity contribution < 1.29 is 32.0 Å². The summed E-state index contributed by atoms with van der Waals surface area (Å²) in [5.74, 6) is -1.54. The zero-order valence-corrected chi connectivity index (χ0v) is 23.5. The quantitative estimate of drug-likeness (QED) is 0.322. The number of halogens is 3. The molecule has 1 aliphatic heterocycles. The fourth-order valence-electron chi connectivity index (χ4n) is 4.74. The lowest BCUT2D eigenvalue weighted by Crippen LogP contribution is -2.42. The summed E-state index contributed by atoms with van der Waals surface area (Å²) < 4.78 is 47.4. The summed E-state index contributed by atoms with van der Waals surface area (Å²) >= 11 is 0. The molecule has 0 radical (unpaired) electrons. The molecule has 2 heterocycles. The minimum atomic E-state index is -4.65. The first kappa shape index (κ1) is 30.1. The number of hydrogen-bond donors (Lipinski definition) is 2. The lowest BCUT2D eigenvalue weighted by atomic mass is 9.89. The van der Waals surface area contributed by atoms with Gasteiger partial charge in [0.2, 0.25) is 5.95 Å². The second-order valence-corrected chi connectivity index (χ2v) is 10.7. The van der Waals surface area contributed by atoms with Crippen LogP contribution in [0.5, 0.6) is 0 Å². The highest BCUT2D eigenvalue weighted by Gasteiger charge is 2.41. The maximum absolute atomic E-state index is 13.6. The van der Waals surface area contributed by atoms with E-state index in [1.54, 1.807) is 0 Å². The van der Waals surface area contributed by atoms with Gasteiger partial charge in [0.25, 0.3) is 5.91 Å². The Hall–Kier alpha value is -4.90. The number of nitrogens with one attached hydrogen (secondary N) is 2. The number of anilines is 2. The molecule has 4 rings (SSSR count). The molecule has 0 aliphatic carbocycles. The third-order valence-corrected chi connectivity index (χ3v) is 6.77. The van der Waals surface area contributed by atoms with Gasteiger partial charge >= 0.3 is 17.8 Å². The van der Waals surface area contributed by atoms with E-state index in [-0.39, 0.29) is 39.6 Å². The number of carbonyl (C=O) groups is 2. The molecule has 2 aromatic carbocycles. The second kappa shape index (κ2) is 11.2. The Morgan fingerprint density at radius 2 is 1.90 bits per heavy atom. The summed E-state index contributed by atoms with van der Waals surface area (Å²) in [4.78, 5) is 41.2. The van der Waals surface area contributed by atoms with Crippen LogP contribution in [-0.4, -0.2) is 72.5 Å². The van der Waals surface area contributed by atoms with E-state index in [1.807, 2.05) is 27.2 Å². The van der Waals surface area contributed by atoms with Gasteiger partial charge in [-0.25, -0.2) is 19.3 Å². The van der Waals surface area contributed by atoms with Crippen molar-refractivity contribution in [3.63, 3.8) is 0 Å². The number of H-pyrrole nitrogens is 1. The molecule has 11 nitrogen and oxygen atoms in total. The minimum absolute atomic E-state index is 0.0134. The fourth-order valence-corrected chi connectivity index (χ4v) is 4.74. The van der Waals surface area contributed by atoms with Crippen LogP contribution in [0.4, 0.5) is 24.8 Å². The Balaban J connectivity index is 1.95. The van der Waals surface area contributed by atoms with Crippen LogP contribution >= 0.6 is 0 Å². The van der Waals surface area contributed by atoms with Gasteiger partial charge in [0, 0.05) is 16.9 Å². The fraction of sp³-hybridized carbons (Fsp3) is 0.321. The molecule has 0 bridgehead atoms. The van der Waals surface area contributed by atoms with Crippen LogP contribution in [0.2, 0.25) is 0 Å². The number of ether oxygens (including phenoxy) is 1. The highest BCUT2D eigenvalue weighted by molar-refractivity contribution is 5.99. The molecule has 3 aromatic rings. The number of allylic oxidation sites excluding steroid dienone is 1. The number of aromatic nitrogens is 3. The van der Waals surface area contributed by atoms with Crippen molar-refractivity contribution in [2.45, 2.75) is 19.1 Å². The molecule has 0 spiro atoms. The molecule has 2 N–H and O–H groups in total. The van der Waals surface area contributed by atoms with E-state index in [0.717, 1.165) is 23.8 Å². The van der Waals surface area contributed by atoms with E-state index in [4.69, 9.17) is 4.74 Å². The number of amides is 1. The molecule has 1 aromatic heterocycles. The number of benzene rings is 2. The summed E-state index contributed by atoms with van der Waals surface area (Å²) in [5.41, 5.74) is -1.36. The lowest BCUT2D eigenvalue weighted by Gasteiger charge is -2.36. The minimum Gasteiger partial charge on any atom is -0.466 e. The average molecular weight is 585 g/mol. The molecule has 1 amide bonds. The zero-order valence-electron chi connectivity index (χ0n) is 23.5. The van der Waals surface area contributed by atoms with Gasteiger partial charge in [-0.05, 0) is 42.8 Å². The number of fused-ring (bicyclic) bond motifs is 1. The van der Waals surface area contributed by atoms with Crippen LogP contribution in [0.25, 0.3) is 0 Å². The Morgan fingerprint density at radius 3 is 2.52 bits per heavy atom. The van der Waals surface area contributed by atoms with Crippen molar-refractivity contribution in [3.05, 3.63) is 86.5 Å². The van der Waals surface area contributed by atoms with Gasteiger partial charge in [-0.3, -0.25) is 9.69 Å². The molecule has 0 fully saturated rings. The maximum atomic E-state index is 13.6. The normalized spacial score (nSPS) is 15.2. The van der Waals surface area contributed by atoms with Gasteiger partial charge in [0.15, 0.2) is 0 Å². The van der Waals surface area contributed by atoms with Crippen molar-refractivity contribution in [1.29, 1.82) is 5.26 Å². The van der Waals surface area contributed by atoms with Gasteiger partial charge < -0.3 is 14.5 Å². The molecule has 42 heavy (non-hydrogen) atoms. The lowest BCUT2D eigenvalue weighted by molar-refractivity contribution is -0.869.